The largest absolute Gasteiger partial charge is 0.504 e. The van der Waals surface area contributed by atoms with Crippen molar-refractivity contribution >= 4 is 0 Å². The molecule has 0 aliphatic heterocycles. The van der Waals surface area contributed by atoms with E-state index in [0.29, 0.717) is 6.42 Å². The van der Waals surface area contributed by atoms with Crippen LogP contribution in [0.5, 0.6) is 11.5 Å². The molecule has 0 aliphatic rings. The van der Waals surface area contributed by atoms with Crippen LogP contribution in [0.2, 0.25) is 0 Å². The fourth-order valence-electron chi connectivity index (χ4n) is 1.10. The molecule has 0 unspecified atom stereocenters. The molecular formula is C10H11NO2. The first-order valence-corrected chi connectivity index (χ1v) is 4.12. The number of aromatic hydroxyl groups is 2. The minimum Gasteiger partial charge on any atom is -0.504 e. The molecule has 0 saturated heterocycles. The Hall–Kier alpha value is -1.69. The molecule has 68 valence electrons. The van der Waals surface area contributed by atoms with E-state index >= 15 is 0 Å². The molecule has 0 radical (unpaired) electrons. The van der Waals surface area contributed by atoms with Gasteiger partial charge in [-0.2, -0.15) is 5.26 Å². The Morgan fingerprint density at radius 2 is 2.00 bits per heavy atom. The monoisotopic (exact) mass is 177 g/mol. The lowest BCUT2D eigenvalue weighted by molar-refractivity contribution is 0.403. The van der Waals surface area contributed by atoms with Crippen LogP contribution in [0, 0.1) is 11.3 Å². The van der Waals surface area contributed by atoms with E-state index in [1.165, 1.54) is 12.1 Å². The van der Waals surface area contributed by atoms with Crippen LogP contribution in [0.1, 0.15) is 18.4 Å². The summed E-state index contributed by atoms with van der Waals surface area (Å²) in [6.45, 7) is 0. The maximum Gasteiger partial charge on any atom is 0.157 e. The third kappa shape index (κ3) is 2.68. The first kappa shape index (κ1) is 9.40. The van der Waals surface area contributed by atoms with Crippen LogP contribution in [0.15, 0.2) is 18.2 Å². The minimum absolute atomic E-state index is 0.102. The number of hydrogen-bond acceptors (Lipinski definition) is 3. The van der Waals surface area contributed by atoms with E-state index in [1.54, 1.807) is 6.07 Å². The van der Waals surface area contributed by atoms with Gasteiger partial charge in [-0.1, -0.05) is 6.07 Å². The molecule has 0 aromatic heterocycles. The molecule has 13 heavy (non-hydrogen) atoms. The number of hydrogen-bond donors (Lipinski definition) is 2. The Morgan fingerprint density at radius 3 is 2.62 bits per heavy atom. The molecule has 0 atom stereocenters. The number of phenolic OH excluding ortho intramolecular Hbond substituents is 2. The highest BCUT2D eigenvalue weighted by Crippen LogP contribution is 2.25. The number of rotatable bonds is 3. The molecular weight excluding hydrogens is 166 g/mol. The number of phenols is 2. The maximum atomic E-state index is 9.14. The van der Waals surface area contributed by atoms with E-state index in [4.69, 9.17) is 15.5 Å². The van der Waals surface area contributed by atoms with E-state index in [-0.39, 0.29) is 11.5 Å². The Balaban J connectivity index is 2.59. The van der Waals surface area contributed by atoms with Gasteiger partial charge in [0.15, 0.2) is 11.5 Å². The third-order valence-corrected chi connectivity index (χ3v) is 1.79. The van der Waals surface area contributed by atoms with Crippen molar-refractivity contribution in [2.24, 2.45) is 0 Å². The molecule has 3 heteroatoms. The third-order valence-electron chi connectivity index (χ3n) is 1.79. The number of nitrogens with zero attached hydrogens (tertiary/aromatic N) is 1. The van der Waals surface area contributed by atoms with Gasteiger partial charge in [0.2, 0.25) is 0 Å². The highest BCUT2D eigenvalue weighted by atomic mass is 16.3. The summed E-state index contributed by atoms with van der Waals surface area (Å²) in [5.74, 6) is -0.210. The number of nitriles is 1. The summed E-state index contributed by atoms with van der Waals surface area (Å²) in [5, 5.41) is 26.5. The van der Waals surface area contributed by atoms with Crippen LogP contribution >= 0.6 is 0 Å². The van der Waals surface area contributed by atoms with Gasteiger partial charge in [0.05, 0.1) is 6.07 Å². The number of unbranched alkanes of at least 4 members (excludes halogenated alkanes) is 1. The van der Waals surface area contributed by atoms with Gasteiger partial charge in [-0.15, -0.1) is 0 Å². The summed E-state index contributed by atoms with van der Waals surface area (Å²) in [7, 11) is 0. The van der Waals surface area contributed by atoms with E-state index in [2.05, 4.69) is 6.07 Å². The highest BCUT2D eigenvalue weighted by Gasteiger charge is 1.99. The van der Waals surface area contributed by atoms with Crippen LogP contribution in [-0.2, 0) is 6.42 Å². The van der Waals surface area contributed by atoms with Crippen molar-refractivity contribution in [3.8, 4) is 17.6 Å². The average Bonchev–Trinajstić information content (AvgIpc) is 2.12. The van der Waals surface area contributed by atoms with Gasteiger partial charge >= 0.3 is 0 Å². The van der Waals surface area contributed by atoms with Gasteiger partial charge in [0, 0.05) is 6.42 Å². The van der Waals surface area contributed by atoms with Crippen molar-refractivity contribution in [3.05, 3.63) is 23.8 Å². The molecule has 0 bridgehead atoms. The van der Waals surface area contributed by atoms with Gasteiger partial charge in [0.25, 0.3) is 0 Å². The van der Waals surface area contributed by atoms with Gasteiger partial charge in [-0.3, -0.25) is 0 Å². The number of aryl methyl sites for hydroxylation is 1. The lowest BCUT2D eigenvalue weighted by atomic mass is 10.1. The molecule has 1 aromatic rings. The summed E-state index contributed by atoms with van der Waals surface area (Å²) < 4.78 is 0. The van der Waals surface area contributed by atoms with Crippen LogP contribution in [0.3, 0.4) is 0 Å². The Kier molecular flexibility index (Phi) is 3.15. The molecule has 0 aliphatic carbocycles. The normalized spacial score (nSPS) is 9.46. The fourth-order valence-corrected chi connectivity index (χ4v) is 1.10. The summed E-state index contributed by atoms with van der Waals surface area (Å²) >= 11 is 0. The van der Waals surface area contributed by atoms with Crippen LogP contribution in [-0.4, -0.2) is 10.2 Å². The van der Waals surface area contributed by atoms with Crippen molar-refractivity contribution in [2.75, 3.05) is 0 Å². The zero-order valence-electron chi connectivity index (χ0n) is 7.20. The lowest BCUT2D eigenvalue weighted by Gasteiger charge is -2.01. The lowest BCUT2D eigenvalue weighted by Crippen LogP contribution is -1.84. The Morgan fingerprint density at radius 1 is 1.23 bits per heavy atom. The highest BCUT2D eigenvalue weighted by molar-refractivity contribution is 5.40. The van der Waals surface area contributed by atoms with Crippen molar-refractivity contribution in [1.82, 2.24) is 0 Å². The zero-order valence-corrected chi connectivity index (χ0v) is 7.20. The molecule has 0 amide bonds. The van der Waals surface area contributed by atoms with Gasteiger partial charge in [-0.05, 0) is 30.5 Å². The standard InChI is InChI=1S/C10H11NO2/c11-6-2-1-3-8-4-5-9(12)10(13)7-8/h4-5,7,12-13H,1-3H2. The zero-order chi connectivity index (χ0) is 9.68. The molecule has 2 N–H and O–H groups in total. The average molecular weight is 177 g/mol. The topological polar surface area (TPSA) is 64.2 Å². The molecule has 1 rings (SSSR count). The fraction of sp³-hybridized carbons (Fsp3) is 0.300. The van der Waals surface area contributed by atoms with E-state index in [1.807, 2.05) is 0 Å². The van der Waals surface area contributed by atoms with E-state index < -0.39 is 0 Å². The second kappa shape index (κ2) is 4.36. The Bertz CT molecular complexity index is 328. The minimum atomic E-state index is -0.107. The number of benzene rings is 1. The van der Waals surface area contributed by atoms with E-state index in [0.717, 1.165) is 18.4 Å². The second-order valence-corrected chi connectivity index (χ2v) is 2.83. The Labute approximate surface area is 76.9 Å². The molecule has 1 aromatic carbocycles. The SMILES string of the molecule is N#CCCCc1ccc(O)c(O)c1. The molecule has 0 saturated carbocycles. The predicted molar refractivity (Wildman–Crippen MR) is 48.3 cm³/mol. The van der Waals surface area contributed by atoms with Crippen LogP contribution in [0.25, 0.3) is 0 Å². The van der Waals surface area contributed by atoms with Gasteiger partial charge < -0.3 is 10.2 Å². The first-order chi connectivity index (χ1) is 6.24. The van der Waals surface area contributed by atoms with Crippen molar-refractivity contribution in [1.29, 1.82) is 5.26 Å². The molecule has 0 fully saturated rings. The van der Waals surface area contributed by atoms with Crippen LogP contribution < -0.4 is 0 Å². The first-order valence-electron chi connectivity index (χ1n) is 4.12. The summed E-state index contributed by atoms with van der Waals surface area (Å²) in [6, 6.07) is 6.77. The smallest absolute Gasteiger partial charge is 0.157 e. The van der Waals surface area contributed by atoms with Crippen molar-refractivity contribution in [3.63, 3.8) is 0 Å². The van der Waals surface area contributed by atoms with Crippen molar-refractivity contribution in [2.45, 2.75) is 19.3 Å². The van der Waals surface area contributed by atoms with E-state index in [9.17, 15) is 0 Å². The molecule has 3 nitrogen and oxygen atoms in total. The van der Waals surface area contributed by atoms with Crippen molar-refractivity contribution < 1.29 is 10.2 Å². The molecule has 0 heterocycles. The summed E-state index contributed by atoms with van der Waals surface area (Å²) in [5.41, 5.74) is 0.936. The summed E-state index contributed by atoms with van der Waals surface area (Å²) in [6.07, 6.45) is 2.05. The van der Waals surface area contributed by atoms with Gasteiger partial charge in [0.1, 0.15) is 0 Å². The van der Waals surface area contributed by atoms with Crippen LogP contribution in [0.4, 0.5) is 0 Å². The maximum absolute atomic E-state index is 9.14. The second-order valence-electron chi connectivity index (χ2n) is 2.83. The summed E-state index contributed by atoms with van der Waals surface area (Å²) in [4.78, 5) is 0. The molecule has 0 spiro atoms. The quantitative estimate of drug-likeness (QED) is 0.547. The van der Waals surface area contributed by atoms with Gasteiger partial charge in [-0.25, -0.2) is 0 Å². The predicted octanol–water partition coefficient (Wildman–Crippen LogP) is 1.94.